The lowest BCUT2D eigenvalue weighted by molar-refractivity contribution is -0.264. The van der Waals surface area contributed by atoms with Crippen LogP contribution in [-0.4, -0.2) is 77.2 Å². The molecule has 0 aromatic heterocycles. The number of unbranched alkanes of at least 4 members (excludes halogenated alkanes) is 2. The van der Waals surface area contributed by atoms with Crippen LogP contribution in [0.2, 0.25) is 0 Å². The van der Waals surface area contributed by atoms with Gasteiger partial charge in [-0.25, -0.2) is 4.79 Å². The van der Waals surface area contributed by atoms with Crippen molar-refractivity contribution in [3.63, 3.8) is 0 Å². The molecular formula is C17H30Cl3NO7. The minimum atomic E-state index is -1.77. The lowest BCUT2D eigenvalue weighted by Gasteiger charge is -2.42. The zero-order valence-corrected chi connectivity index (χ0v) is 18.4. The van der Waals surface area contributed by atoms with Crippen molar-refractivity contribution in [2.75, 3.05) is 26.4 Å². The fourth-order valence-corrected chi connectivity index (χ4v) is 2.72. The minimum absolute atomic E-state index is 0.0935. The zero-order chi connectivity index (χ0) is 21.2. The average molecular weight is 467 g/mol. The van der Waals surface area contributed by atoms with Gasteiger partial charge in [0.15, 0.2) is 6.29 Å². The van der Waals surface area contributed by atoms with Crippen LogP contribution in [0.1, 0.15) is 39.5 Å². The summed E-state index contributed by atoms with van der Waals surface area (Å²) in [5, 5.41) is 23.4. The number of ether oxygens (including phenoxy) is 4. The second-order valence-electron chi connectivity index (χ2n) is 6.53. The number of amides is 1. The molecule has 1 rings (SSSR count). The number of hydrogen-bond acceptors (Lipinski definition) is 7. The summed E-state index contributed by atoms with van der Waals surface area (Å²) in [6, 6.07) is -1.07. The number of carbonyl (C=O) groups is 1. The highest BCUT2D eigenvalue weighted by Gasteiger charge is 2.46. The molecule has 0 radical (unpaired) electrons. The Morgan fingerprint density at radius 1 is 1.14 bits per heavy atom. The largest absolute Gasteiger partial charge is 0.445 e. The van der Waals surface area contributed by atoms with Crippen molar-refractivity contribution in [2.24, 2.45) is 0 Å². The summed E-state index contributed by atoms with van der Waals surface area (Å²) in [5.41, 5.74) is 0. The number of aliphatic hydroxyl groups is 2. The lowest BCUT2D eigenvalue weighted by atomic mass is 9.96. The van der Waals surface area contributed by atoms with Gasteiger partial charge in [0.25, 0.3) is 0 Å². The molecule has 0 aliphatic carbocycles. The molecule has 1 fully saturated rings. The number of hydrogen-bond donors (Lipinski definition) is 3. The SMILES string of the molecule is CCCCOCC1O[C@@H](O)C(NC(=O)OCC(Cl)(Cl)Cl)C(OCCCC)[C@@H]1O. The van der Waals surface area contributed by atoms with E-state index in [9.17, 15) is 15.0 Å². The first-order valence-corrected chi connectivity index (χ1v) is 10.5. The van der Waals surface area contributed by atoms with Crippen LogP contribution in [0.25, 0.3) is 0 Å². The molecule has 3 N–H and O–H groups in total. The predicted octanol–water partition coefficient (Wildman–Crippen LogP) is 2.53. The van der Waals surface area contributed by atoms with Gasteiger partial charge in [-0.3, -0.25) is 0 Å². The summed E-state index contributed by atoms with van der Waals surface area (Å²) >= 11 is 16.6. The van der Waals surface area contributed by atoms with Crippen molar-refractivity contribution in [2.45, 2.75) is 74.0 Å². The Bertz CT molecular complexity index is 453. The number of alkyl carbamates (subject to hydrolysis) is 1. The van der Waals surface area contributed by atoms with Crippen LogP contribution in [0.5, 0.6) is 0 Å². The van der Waals surface area contributed by atoms with Gasteiger partial charge in [0.05, 0.1) is 6.61 Å². The minimum Gasteiger partial charge on any atom is -0.445 e. The molecule has 0 saturated carbocycles. The van der Waals surface area contributed by atoms with E-state index in [0.29, 0.717) is 13.2 Å². The first kappa shape index (κ1) is 26.0. The Morgan fingerprint density at radius 3 is 2.39 bits per heavy atom. The van der Waals surface area contributed by atoms with Crippen LogP contribution in [0.3, 0.4) is 0 Å². The summed E-state index contributed by atoms with van der Waals surface area (Å²) in [6.45, 7) is 4.50. The number of rotatable bonds is 11. The fraction of sp³-hybridized carbons (Fsp3) is 0.941. The Morgan fingerprint density at radius 2 is 1.79 bits per heavy atom. The van der Waals surface area contributed by atoms with E-state index in [1.165, 1.54) is 0 Å². The molecule has 1 aliphatic rings. The monoisotopic (exact) mass is 465 g/mol. The van der Waals surface area contributed by atoms with Crippen LogP contribution in [0, 0.1) is 0 Å². The van der Waals surface area contributed by atoms with Gasteiger partial charge in [0, 0.05) is 13.2 Å². The van der Waals surface area contributed by atoms with Gasteiger partial charge in [-0.2, -0.15) is 0 Å². The maximum atomic E-state index is 12.0. The highest BCUT2D eigenvalue weighted by atomic mass is 35.6. The van der Waals surface area contributed by atoms with Gasteiger partial charge >= 0.3 is 6.09 Å². The number of nitrogens with one attached hydrogen (secondary N) is 1. The highest BCUT2D eigenvalue weighted by molar-refractivity contribution is 6.67. The van der Waals surface area contributed by atoms with E-state index in [1.54, 1.807) is 0 Å². The second kappa shape index (κ2) is 13.3. The molecule has 1 heterocycles. The van der Waals surface area contributed by atoms with E-state index in [2.05, 4.69) is 5.32 Å². The number of aliphatic hydroxyl groups excluding tert-OH is 2. The van der Waals surface area contributed by atoms with Crippen molar-refractivity contribution in [3.05, 3.63) is 0 Å². The molecule has 11 heteroatoms. The second-order valence-corrected chi connectivity index (χ2v) is 9.05. The molecular weight excluding hydrogens is 437 g/mol. The smallest absolute Gasteiger partial charge is 0.407 e. The maximum Gasteiger partial charge on any atom is 0.407 e. The molecule has 5 atom stereocenters. The Balaban J connectivity index is 2.72. The Hall–Kier alpha value is -0.0600. The summed E-state index contributed by atoms with van der Waals surface area (Å²) in [4.78, 5) is 12.0. The van der Waals surface area contributed by atoms with Gasteiger partial charge in [-0.05, 0) is 12.8 Å². The number of carbonyl (C=O) groups excluding carboxylic acids is 1. The van der Waals surface area contributed by atoms with Gasteiger partial charge < -0.3 is 34.5 Å². The molecule has 8 nitrogen and oxygen atoms in total. The van der Waals surface area contributed by atoms with Crippen LogP contribution in [0.15, 0.2) is 0 Å². The fourth-order valence-electron chi connectivity index (χ4n) is 2.56. The van der Waals surface area contributed by atoms with E-state index < -0.39 is 47.1 Å². The molecule has 1 aliphatic heterocycles. The lowest BCUT2D eigenvalue weighted by Crippen LogP contribution is -2.65. The normalized spacial score (nSPS) is 28.2. The third-order valence-electron chi connectivity index (χ3n) is 4.08. The molecule has 0 aromatic carbocycles. The van der Waals surface area contributed by atoms with E-state index >= 15 is 0 Å². The zero-order valence-electron chi connectivity index (χ0n) is 16.1. The molecule has 1 saturated heterocycles. The van der Waals surface area contributed by atoms with E-state index in [0.717, 1.165) is 25.7 Å². The highest BCUT2D eigenvalue weighted by Crippen LogP contribution is 2.26. The maximum absolute atomic E-state index is 12.0. The van der Waals surface area contributed by atoms with Crippen molar-refractivity contribution in [3.8, 4) is 0 Å². The molecule has 28 heavy (non-hydrogen) atoms. The van der Waals surface area contributed by atoms with Crippen LogP contribution < -0.4 is 5.32 Å². The average Bonchev–Trinajstić information content (AvgIpc) is 2.62. The van der Waals surface area contributed by atoms with Crippen LogP contribution in [0.4, 0.5) is 4.79 Å². The van der Waals surface area contributed by atoms with E-state index in [-0.39, 0.29) is 6.61 Å². The molecule has 0 spiro atoms. The Kier molecular flexibility index (Phi) is 12.3. The Labute approximate surface area is 180 Å². The van der Waals surface area contributed by atoms with Crippen molar-refractivity contribution >= 4 is 40.9 Å². The molecule has 0 aromatic rings. The quantitative estimate of drug-likeness (QED) is 0.317. The van der Waals surface area contributed by atoms with Crippen molar-refractivity contribution in [1.82, 2.24) is 5.32 Å². The van der Waals surface area contributed by atoms with Gasteiger partial charge in [0.2, 0.25) is 3.79 Å². The van der Waals surface area contributed by atoms with Gasteiger partial charge in [0.1, 0.15) is 31.0 Å². The first-order chi connectivity index (χ1) is 13.2. The molecule has 0 bridgehead atoms. The standard InChI is InChI=1S/C17H30Cl3NO7/c1-3-5-7-25-9-11-13(22)14(26-8-6-4-2)12(15(23)28-11)21-16(24)27-10-17(18,19)20/h11-15,22-23H,3-10H2,1-2H3,(H,21,24)/t11?,12?,13-,14?,15-/m1/s1. The van der Waals surface area contributed by atoms with Crippen LogP contribution in [-0.2, 0) is 18.9 Å². The van der Waals surface area contributed by atoms with Crippen molar-refractivity contribution in [1.29, 1.82) is 0 Å². The molecule has 1 amide bonds. The third kappa shape index (κ3) is 9.63. The van der Waals surface area contributed by atoms with Gasteiger partial charge in [-0.15, -0.1) is 0 Å². The summed E-state index contributed by atoms with van der Waals surface area (Å²) in [7, 11) is 0. The van der Waals surface area contributed by atoms with E-state index in [1.807, 2.05) is 13.8 Å². The predicted molar refractivity (Wildman–Crippen MR) is 106 cm³/mol. The van der Waals surface area contributed by atoms with E-state index in [4.69, 9.17) is 53.8 Å². The third-order valence-corrected chi connectivity index (χ3v) is 4.40. The molecule has 166 valence electrons. The summed E-state index contributed by atoms with van der Waals surface area (Å²) in [5.74, 6) is 0. The summed E-state index contributed by atoms with van der Waals surface area (Å²) < 4.78 is 19.7. The summed E-state index contributed by atoms with van der Waals surface area (Å²) in [6.07, 6.45) is -1.73. The first-order valence-electron chi connectivity index (χ1n) is 9.40. The number of alkyl halides is 3. The van der Waals surface area contributed by atoms with Crippen LogP contribution >= 0.6 is 34.8 Å². The molecule has 3 unspecified atom stereocenters. The van der Waals surface area contributed by atoms with Gasteiger partial charge in [-0.1, -0.05) is 61.5 Å². The number of halogens is 3. The topological polar surface area (TPSA) is 106 Å². The van der Waals surface area contributed by atoms with Crippen molar-refractivity contribution < 1.29 is 34.0 Å².